The largest absolute Gasteiger partial charge is 0.346 e. The smallest absolute Gasteiger partial charge is 0.270 e. The highest BCUT2D eigenvalue weighted by Crippen LogP contribution is 2.15. The molecule has 0 aliphatic carbocycles. The van der Waals surface area contributed by atoms with Gasteiger partial charge in [-0.3, -0.25) is 9.48 Å². The lowest BCUT2D eigenvalue weighted by Crippen LogP contribution is -2.42. The first-order chi connectivity index (χ1) is 5.68. The first-order valence-corrected chi connectivity index (χ1v) is 4.78. The zero-order valence-corrected chi connectivity index (χ0v) is 8.70. The summed E-state index contributed by atoms with van der Waals surface area (Å²) in [6.45, 7) is 2.74. The molecule has 0 saturated carbocycles. The van der Waals surface area contributed by atoms with Crippen molar-refractivity contribution in [2.75, 3.05) is 0 Å². The quantitative estimate of drug-likeness (QED) is 0.707. The van der Waals surface area contributed by atoms with E-state index in [9.17, 15) is 4.79 Å². The predicted molar refractivity (Wildman–Crippen MR) is 51.9 cm³/mol. The Morgan fingerprint density at radius 3 is 3.33 bits per heavy atom. The van der Waals surface area contributed by atoms with E-state index < -0.39 is 0 Å². The van der Waals surface area contributed by atoms with Crippen molar-refractivity contribution < 1.29 is 4.79 Å². The zero-order chi connectivity index (χ0) is 8.72. The maximum Gasteiger partial charge on any atom is 0.270 e. The number of nitrogens with zero attached hydrogens (tertiary/aromatic N) is 2. The van der Waals surface area contributed by atoms with Crippen molar-refractivity contribution in [1.29, 1.82) is 0 Å². The van der Waals surface area contributed by atoms with Crippen LogP contribution in [0.1, 0.15) is 17.4 Å². The number of carbonyl (C=O) groups excluding carboxylic acids is 1. The first kappa shape index (κ1) is 8.03. The Morgan fingerprint density at radius 1 is 1.83 bits per heavy atom. The maximum absolute atomic E-state index is 11.4. The molecule has 0 saturated heterocycles. The van der Waals surface area contributed by atoms with Gasteiger partial charge in [-0.05, 0) is 29.5 Å². The van der Waals surface area contributed by atoms with E-state index in [4.69, 9.17) is 0 Å². The molecule has 1 aromatic rings. The van der Waals surface area contributed by atoms with Crippen molar-refractivity contribution in [3.63, 3.8) is 0 Å². The van der Waals surface area contributed by atoms with E-state index >= 15 is 0 Å². The molecule has 1 aliphatic rings. The van der Waals surface area contributed by atoms with Crippen molar-refractivity contribution in [3.8, 4) is 0 Å². The summed E-state index contributed by atoms with van der Waals surface area (Å²) in [5.41, 5.74) is 0.689. The van der Waals surface area contributed by atoms with Gasteiger partial charge in [-0.25, -0.2) is 0 Å². The minimum absolute atomic E-state index is 0.0179. The summed E-state index contributed by atoms with van der Waals surface area (Å²) < 4.78 is 2.67. The number of aromatic nitrogens is 2. The third kappa shape index (κ3) is 1.12. The van der Waals surface area contributed by atoms with Gasteiger partial charge in [0.25, 0.3) is 5.91 Å². The molecule has 1 unspecified atom stereocenters. The fourth-order valence-corrected chi connectivity index (χ4v) is 1.97. The lowest BCUT2D eigenvalue weighted by Gasteiger charge is -2.21. The van der Waals surface area contributed by atoms with Crippen molar-refractivity contribution in [3.05, 3.63) is 15.5 Å². The van der Waals surface area contributed by atoms with Crippen molar-refractivity contribution in [2.24, 2.45) is 0 Å². The number of carbonyl (C=O) groups is 1. The van der Waals surface area contributed by atoms with E-state index in [0.29, 0.717) is 5.69 Å². The van der Waals surface area contributed by atoms with Gasteiger partial charge >= 0.3 is 0 Å². The highest BCUT2D eigenvalue weighted by Gasteiger charge is 2.24. The summed E-state index contributed by atoms with van der Waals surface area (Å²) in [4.78, 5) is 11.4. The molecule has 1 aromatic heterocycles. The molecule has 0 spiro atoms. The van der Waals surface area contributed by atoms with E-state index in [1.165, 1.54) is 0 Å². The summed E-state index contributed by atoms with van der Waals surface area (Å²) >= 11 is 2.12. The van der Waals surface area contributed by atoms with Crippen LogP contribution < -0.4 is 5.32 Å². The number of nitrogens with one attached hydrogen (secondary N) is 1. The summed E-state index contributed by atoms with van der Waals surface area (Å²) in [5, 5.41) is 6.96. The average Bonchev–Trinajstić information content (AvgIpc) is 2.31. The molecule has 0 bridgehead atoms. The van der Waals surface area contributed by atoms with Crippen molar-refractivity contribution in [2.45, 2.75) is 19.5 Å². The Kier molecular flexibility index (Phi) is 1.82. The number of rotatable bonds is 0. The standard InChI is InChI=1S/C7H8IN3O/c1-4-3-11-6(7(12)10-4)5(8)2-9-11/h2,4H,3H2,1H3,(H,10,12). The molecule has 1 atom stereocenters. The number of halogens is 1. The van der Waals surface area contributed by atoms with Gasteiger partial charge in [-0.1, -0.05) is 0 Å². The van der Waals surface area contributed by atoms with Gasteiger partial charge in [0.15, 0.2) is 0 Å². The van der Waals surface area contributed by atoms with Gasteiger partial charge < -0.3 is 5.32 Å². The highest BCUT2D eigenvalue weighted by molar-refractivity contribution is 14.1. The van der Waals surface area contributed by atoms with Crippen LogP contribution in [0.3, 0.4) is 0 Å². The van der Waals surface area contributed by atoms with E-state index in [0.717, 1.165) is 10.1 Å². The molecular formula is C7H8IN3O. The van der Waals surface area contributed by atoms with Crippen LogP contribution in [0.4, 0.5) is 0 Å². The Morgan fingerprint density at radius 2 is 2.58 bits per heavy atom. The minimum Gasteiger partial charge on any atom is -0.346 e. The number of amides is 1. The predicted octanol–water partition coefficient (Wildman–Crippen LogP) is 0.620. The third-order valence-corrected chi connectivity index (χ3v) is 2.62. The van der Waals surface area contributed by atoms with Gasteiger partial charge in [0.1, 0.15) is 5.69 Å². The Hall–Kier alpha value is -0.590. The highest BCUT2D eigenvalue weighted by atomic mass is 127. The molecule has 0 aromatic carbocycles. The maximum atomic E-state index is 11.4. The SMILES string of the molecule is CC1Cn2ncc(I)c2C(=O)N1. The lowest BCUT2D eigenvalue weighted by molar-refractivity contribution is 0.0900. The minimum atomic E-state index is -0.0179. The fourth-order valence-electron chi connectivity index (χ4n) is 1.32. The van der Waals surface area contributed by atoms with Crippen LogP contribution in [-0.2, 0) is 6.54 Å². The molecule has 4 nitrogen and oxygen atoms in total. The molecule has 1 amide bonds. The normalized spacial score (nSPS) is 21.8. The molecule has 0 fully saturated rings. The average molecular weight is 277 g/mol. The van der Waals surface area contributed by atoms with Gasteiger partial charge in [0, 0.05) is 6.04 Å². The molecule has 64 valence electrons. The second-order valence-electron chi connectivity index (χ2n) is 2.90. The van der Waals surface area contributed by atoms with Crippen LogP contribution >= 0.6 is 22.6 Å². The molecule has 1 aliphatic heterocycles. The van der Waals surface area contributed by atoms with Crippen LogP contribution in [0.2, 0.25) is 0 Å². The van der Waals surface area contributed by atoms with Gasteiger partial charge in [-0.15, -0.1) is 0 Å². The molecule has 12 heavy (non-hydrogen) atoms. The molecular weight excluding hydrogens is 269 g/mol. The van der Waals surface area contributed by atoms with Gasteiger partial charge in [-0.2, -0.15) is 5.10 Å². The first-order valence-electron chi connectivity index (χ1n) is 3.70. The number of fused-ring (bicyclic) bond motifs is 1. The van der Waals surface area contributed by atoms with Gasteiger partial charge in [0.05, 0.1) is 16.3 Å². The van der Waals surface area contributed by atoms with E-state index in [-0.39, 0.29) is 11.9 Å². The Balaban J connectivity index is 2.50. The summed E-state index contributed by atoms with van der Waals surface area (Å²) in [5.74, 6) is -0.0179. The Labute approximate surface area is 83.5 Å². The Bertz CT molecular complexity index is 333. The van der Waals surface area contributed by atoms with Crippen LogP contribution in [0, 0.1) is 3.57 Å². The molecule has 2 rings (SSSR count). The molecule has 5 heteroatoms. The van der Waals surface area contributed by atoms with E-state index in [1.807, 2.05) is 6.92 Å². The topological polar surface area (TPSA) is 46.9 Å². The van der Waals surface area contributed by atoms with Crippen LogP contribution in [0.5, 0.6) is 0 Å². The summed E-state index contributed by atoms with van der Waals surface area (Å²) in [6.07, 6.45) is 1.72. The monoisotopic (exact) mass is 277 g/mol. The number of hydrogen-bond acceptors (Lipinski definition) is 2. The lowest BCUT2D eigenvalue weighted by atomic mass is 10.2. The van der Waals surface area contributed by atoms with Crippen LogP contribution in [-0.4, -0.2) is 21.7 Å². The molecule has 0 radical (unpaired) electrons. The van der Waals surface area contributed by atoms with Crippen molar-refractivity contribution in [1.82, 2.24) is 15.1 Å². The summed E-state index contributed by atoms with van der Waals surface area (Å²) in [6, 6.07) is 0.181. The van der Waals surface area contributed by atoms with E-state index in [2.05, 4.69) is 33.0 Å². The number of hydrogen-bond donors (Lipinski definition) is 1. The van der Waals surface area contributed by atoms with Crippen molar-refractivity contribution >= 4 is 28.5 Å². The second kappa shape index (κ2) is 2.72. The van der Waals surface area contributed by atoms with Crippen LogP contribution in [0.25, 0.3) is 0 Å². The molecule has 1 N–H and O–H groups in total. The molecule has 2 heterocycles. The van der Waals surface area contributed by atoms with Crippen LogP contribution in [0.15, 0.2) is 6.20 Å². The zero-order valence-electron chi connectivity index (χ0n) is 6.54. The third-order valence-electron chi connectivity index (χ3n) is 1.83. The van der Waals surface area contributed by atoms with Gasteiger partial charge in [0.2, 0.25) is 0 Å². The summed E-state index contributed by atoms with van der Waals surface area (Å²) in [7, 11) is 0. The second-order valence-corrected chi connectivity index (χ2v) is 4.06. The fraction of sp³-hybridized carbons (Fsp3) is 0.429. The van der Waals surface area contributed by atoms with E-state index in [1.54, 1.807) is 10.9 Å².